The highest BCUT2D eigenvalue weighted by molar-refractivity contribution is 5.39. The predicted octanol–water partition coefficient (Wildman–Crippen LogP) is 3.00. The van der Waals surface area contributed by atoms with Crippen molar-refractivity contribution in [3.63, 3.8) is 0 Å². The van der Waals surface area contributed by atoms with E-state index in [1.165, 1.54) is 5.56 Å². The molecule has 1 fully saturated rings. The zero-order valence-corrected chi connectivity index (χ0v) is 11.7. The van der Waals surface area contributed by atoms with Crippen LogP contribution in [0.25, 0.3) is 0 Å². The molecule has 0 spiro atoms. The Morgan fingerprint density at radius 3 is 2.95 bits per heavy atom. The highest BCUT2D eigenvalue weighted by Crippen LogP contribution is 2.34. The summed E-state index contributed by atoms with van der Waals surface area (Å²) in [6, 6.07) is 6.00. The Labute approximate surface area is 114 Å². The van der Waals surface area contributed by atoms with Crippen molar-refractivity contribution in [1.29, 1.82) is 0 Å². The van der Waals surface area contributed by atoms with Crippen LogP contribution in [0.15, 0.2) is 18.2 Å². The molecule has 0 bridgehead atoms. The van der Waals surface area contributed by atoms with Crippen LogP contribution in [0.3, 0.4) is 0 Å². The molecule has 19 heavy (non-hydrogen) atoms. The molecule has 2 atom stereocenters. The number of hydrogen-bond donors (Lipinski definition) is 1. The van der Waals surface area contributed by atoms with Crippen molar-refractivity contribution in [3.8, 4) is 5.75 Å². The van der Waals surface area contributed by atoms with Gasteiger partial charge in [-0.25, -0.2) is 0 Å². The van der Waals surface area contributed by atoms with Crippen molar-refractivity contribution in [3.05, 3.63) is 29.3 Å². The number of ether oxygens (including phenoxy) is 2. The van der Waals surface area contributed by atoms with Gasteiger partial charge in [0.15, 0.2) is 0 Å². The van der Waals surface area contributed by atoms with E-state index >= 15 is 0 Å². The molecule has 1 N–H and O–H groups in total. The number of aryl methyl sites for hydroxylation is 1. The average Bonchev–Trinajstić information content (AvgIpc) is 2.90. The number of aliphatic hydroxyl groups is 1. The first kappa shape index (κ1) is 12.9. The van der Waals surface area contributed by atoms with Crippen LogP contribution in [0.1, 0.15) is 50.3 Å². The molecule has 1 unspecified atom stereocenters. The second kappa shape index (κ2) is 4.80. The second-order valence-electron chi connectivity index (χ2n) is 6.26. The van der Waals surface area contributed by atoms with E-state index in [0.29, 0.717) is 6.61 Å². The maximum Gasteiger partial charge on any atom is 0.119 e. The molecule has 1 aromatic carbocycles. The minimum absolute atomic E-state index is 0.00390. The maximum atomic E-state index is 9.77. The Morgan fingerprint density at radius 1 is 1.37 bits per heavy atom. The van der Waals surface area contributed by atoms with Gasteiger partial charge in [-0.1, -0.05) is 6.07 Å². The van der Waals surface area contributed by atoms with Crippen molar-refractivity contribution >= 4 is 0 Å². The third kappa shape index (κ3) is 2.77. The molecule has 0 radical (unpaired) electrons. The lowest BCUT2D eigenvalue weighted by Gasteiger charge is -2.19. The van der Waals surface area contributed by atoms with E-state index in [-0.39, 0.29) is 17.8 Å². The van der Waals surface area contributed by atoms with Gasteiger partial charge in [0.2, 0.25) is 0 Å². The monoisotopic (exact) mass is 262 g/mol. The van der Waals surface area contributed by atoms with Gasteiger partial charge in [-0.05, 0) is 62.8 Å². The van der Waals surface area contributed by atoms with Crippen LogP contribution in [-0.4, -0.2) is 23.4 Å². The molecule has 3 heteroatoms. The summed E-state index contributed by atoms with van der Waals surface area (Å²) in [6.07, 6.45) is 3.85. The average molecular weight is 262 g/mol. The van der Waals surface area contributed by atoms with Crippen molar-refractivity contribution < 1.29 is 14.6 Å². The van der Waals surface area contributed by atoms with E-state index in [9.17, 15) is 5.11 Å². The van der Waals surface area contributed by atoms with Crippen LogP contribution >= 0.6 is 0 Å². The fraction of sp³-hybridized carbons (Fsp3) is 0.625. The minimum Gasteiger partial charge on any atom is -0.491 e. The molecule has 2 aliphatic rings. The second-order valence-corrected chi connectivity index (χ2v) is 6.26. The van der Waals surface area contributed by atoms with Gasteiger partial charge in [-0.3, -0.25) is 0 Å². The lowest BCUT2D eigenvalue weighted by Crippen LogP contribution is -2.23. The summed E-state index contributed by atoms with van der Waals surface area (Å²) < 4.78 is 11.8. The van der Waals surface area contributed by atoms with Gasteiger partial charge in [0.1, 0.15) is 12.4 Å². The Kier molecular flexibility index (Phi) is 3.27. The summed E-state index contributed by atoms with van der Waals surface area (Å²) in [6.45, 7) is 4.87. The third-order valence-corrected chi connectivity index (χ3v) is 4.15. The summed E-state index contributed by atoms with van der Waals surface area (Å²) in [5.74, 6) is 0.890. The van der Waals surface area contributed by atoms with Crippen molar-refractivity contribution in [2.24, 2.45) is 0 Å². The smallest absolute Gasteiger partial charge is 0.119 e. The van der Waals surface area contributed by atoms with Gasteiger partial charge >= 0.3 is 0 Å². The number of benzene rings is 1. The first-order valence-corrected chi connectivity index (χ1v) is 7.15. The molecule has 3 nitrogen and oxygen atoms in total. The normalized spacial score (nSPS) is 28.4. The minimum atomic E-state index is -0.289. The number of rotatable bonds is 3. The van der Waals surface area contributed by atoms with Gasteiger partial charge in [-0.15, -0.1) is 0 Å². The molecule has 3 rings (SSSR count). The molecule has 1 aliphatic heterocycles. The van der Waals surface area contributed by atoms with Gasteiger partial charge in [0.25, 0.3) is 0 Å². The fourth-order valence-electron chi connectivity index (χ4n) is 3.05. The van der Waals surface area contributed by atoms with E-state index in [2.05, 4.69) is 19.9 Å². The molecule has 104 valence electrons. The molecule has 1 aliphatic carbocycles. The summed E-state index contributed by atoms with van der Waals surface area (Å²) in [7, 11) is 0. The van der Waals surface area contributed by atoms with E-state index < -0.39 is 0 Å². The molecule has 0 amide bonds. The van der Waals surface area contributed by atoms with Crippen LogP contribution in [0.2, 0.25) is 0 Å². The Bertz CT molecular complexity index is 467. The van der Waals surface area contributed by atoms with E-state index in [0.717, 1.165) is 37.0 Å². The lowest BCUT2D eigenvalue weighted by atomic mass is 10.1. The molecular weight excluding hydrogens is 240 g/mol. The van der Waals surface area contributed by atoms with Crippen LogP contribution in [0, 0.1) is 0 Å². The topological polar surface area (TPSA) is 38.7 Å². The quantitative estimate of drug-likeness (QED) is 0.910. The summed E-state index contributed by atoms with van der Waals surface area (Å²) in [4.78, 5) is 0. The fourth-order valence-corrected chi connectivity index (χ4v) is 3.05. The van der Waals surface area contributed by atoms with E-state index in [1.807, 2.05) is 12.1 Å². The van der Waals surface area contributed by atoms with Crippen molar-refractivity contribution in [2.45, 2.75) is 57.3 Å². The van der Waals surface area contributed by atoms with Crippen molar-refractivity contribution in [2.75, 3.05) is 6.61 Å². The first-order valence-electron chi connectivity index (χ1n) is 7.15. The standard InChI is InChI=1S/C16H22O3/c1-16(2)8-7-13(19-16)10-18-12-4-5-14-11(9-12)3-6-15(14)17/h4-5,9,13,15,17H,3,6-8,10H2,1-2H3/t13?,15-/m1/s1. The molecule has 0 aromatic heterocycles. The third-order valence-electron chi connectivity index (χ3n) is 4.15. The Balaban J connectivity index is 1.59. The molecule has 1 aromatic rings. The lowest BCUT2D eigenvalue weighted by molar-refractivity contribution is -0.0326. The summed E-state index contributed by atoms with van der Waals surface area (Å²) in [5.41, 5.74) is 2.28. The van der Waals surface area contributed by atoms with Crippen LogP contribution in [0.5, 0.6) is 5.75 Å². The summed E-state index contributed by atoms with van der Waals surface area (Å²) >= 11 is 0. The first-order chi connectivity index (χ1) is 9.03. The highest BCUT2D eigenvalue weighted by Gasteiger charge is 2.32. The maximum absolute atomic E-state index is 9.77. The van der Waals surface area contributed by atoms with Crippen LogP contribution < -0.4 is 4.74 Å². The van der Waals surface area contributed by atoms with E-state index in [1.54, 1.807) is 0 Å². The Hall–Kier alpha value is -1.06. The number of fused-ring (bicyclic) bond motifs is 1. The molecular formula is C16H22O3. The van der Waals surface area contributed by atoms with Gasteiger partial charge in [-0.2, -0.15) is 0 Å². The number of hydrogen-bond acceptors (Lipinski definition) is 3. The predicted molar refractivity (Wildman–Crippen MR) is 73.4 cm³/mol. The van der Waals surface area contributed by atoms with Crippen LogP contribution in [0.4, 0.5) is 0 Å². The molecule has 1 heterocycles. The Morgan fingerprint density at radius 2 is 2.21 bits per heavy atom. The summed E-state index contributed by atoms with van der Waals surface area (Å²) in [5, 5.41) is 9.77. The van der Waals surface area contributed by atoms with E-state index in [4.69, 9.17) is 9.47 Å². The zero-order valence-electron chi connectivity index (χ0n) is 11.7. The zero-order chi connectivity index (χ0) is 13.5. The SMILES string of the molecule is CC1(C)CCC(COc2ccc3c(c2)CC[C@H]3O)O1. The van der Waals surface area contributed by atoms with Crippen LogP contribution in [-0.2, 0) is 11.2 Å². The van der Waals surface area contributed by atoms with Gasteiger partial charge < -0.3 is 14.6 Å². The van der Waals surface area contributed by atoms with Gasteiger partial charge in [0, 0.05) is 0 Å². The largest absolute Gasteiger partial charge is 0.491 e. The van der Waals surface area contributed by atoms with Crippen molar-refractivity contribution in [1.82, 2.24) is 0 Å². The van der Waals surface area contributed by atoms with Gasteiger partial charge in [0.05, 0.1) is 17.8 Å². The highest BCUT2D eigenvalue weighted by atomic mass is 16.6. The molecule has 0 saturated carbocycles. The molecule has 1 saturated heterocycles. The number of aliphatic hydroxyl groups excluding tert-OH is 1.